The number of hydrogen-bond acceptors (Lipinski definition) is 7. The third kappa shape index (κ3) is 3.75. The van der Waals surface area contributed by atoms with Crippen LogP contribution in [0.25, 0.3) is 0 Å². The molecule has 3 fully saturated rings. The van der Waals surface area contributed by atoms with Crippen molar-refractivity contribution in [1.29, 1.82) is 0 Å². The van der Waals surface area contributed by atoms with Crippen LogP contribution in [-0.4, -0.2) is 48.1 Å². The molecule has 180 valence electrons. The maximum atomic E-state index is 12.9. The first-order chi connectivity index (χ1) is 14.8. The van der Waals surface area contributed by atoms with Crippen molar-refractivity contribution in [1.82, 2.24) is 0 Å². The SMILES string of the molecule is CC(=O)OCC(=O)[C@@]1(O)CC[C@H]2[C@@H]3CC=C4CC(OS(=O)(=O)O)CC[C@]4(C)[C@H]3CC[C@@]21C. The van der Waals surface area contributed by atoms with E-state index < -0.39 is 39.3 Å². The predicted octanol–water partition coefficient (Wildman–Crippen LogP) is 3.00. The Morgan fingerprint density at radius 3 is 2.47 bits per heavy atom. The summed E-state index contributed by atoms with van der Waals surface area (Å²) in [6, 6.07) is 0. The highest BCUT2D eigenvalue weighted by Crippen LogP contribution is 2.67. The standard InChI is InChI=1S/C23H34O8S/c1-14(24)30-13-20(25)23(26)11-8-19-17-5-4-15-12-16(31-32(27,28)29)6-9-21(15,2)18(17)7-10-22(19,23)3/h4,16-19,26H,5-13H2,1-3H3,(H,27,28,29)/t16?,17-,18+,19+,21+,22+,23+/m1/s1. The van der Waals surface area contributed by atoms with Gasteiger partial charge in [-0.15, -0.1) is 0 Å². The minimum Gasteiger partial charge on any atom is -0.458 e. The van der Waals surface area contributed by atoms with Crippen LogP contribution in [0.3, 0.4) is 0 Å². The first-order valence-electron chi connectivity index (χ1n) is 11.5. The summed E-state index contributed by atoms with van der Waals surface area (Å²) in [6.07, 6.45) is 7.04. The molecule has 0 spiro atoms. The number of fused-ring (bicyclic) bond motifs is 5. The number of carbonyl (C=O) groups excluding carboxylic acids is 2. The number of aliphatic hydroxyl groups is 1. The number of allylic oxidation sites excluding steroid dienone is 1. The van der Waals surface area contributed by atoms with Crippen molar-refractivity contribution < 1.29 is 36.6 Å². The summed E-state index contributed by atoms with van der Waals surface area (Å²) in [6.45, 7) is 5.13. The highest BCUT2D eigenvalue weighted by molar-refractivity contribution is 7.80. The van der Waals surface area contributed by atoms with Crippen LogP contribution in [0.15, 0.2) is 11.6 Å². The van der Waals surface area contributed by atoms with Gasteiger partial charge in [-0.1, -0.05) is 25.5 Å². The number of Topliss-reactive ketones (excluding diaryl/α,β-unsaturated/α-hetero) is 1. The molecule has 0 aliphatic heterocycles. The van der Waals surface area contributed by atoms with E-state index in [0.717, 1.165) is 32.1 Å². The molecule has 0 radical (unpaired) electrons. The van der Waals surface area contributed by atoms with Crippen LogP contribution in [0.4, 0.5) is 0 Å². The Labute approximate surface area is 189 Å². The summed E-state index contributed by atoms with van der Waals surface area (Å²) >= 11 is 0. The van der Waals surface area contributed by atoms with E-state index in [1.807, 2.05) is 6.92 Å². The Balaban J connectivity index is 1.55. The number of ketones is 1. The Morgan fingerprint density at radius 2 is 1.81 bits per heavy atom. The third-order valence-corrected chi connectivity index (χ3v) is 9.85. The normalized spacial score (nSPS) is 43.5. The van der Waals surface area contributed by atoms with Crippen LogP contribution in [0.2, 0.25) is 0 Å². The van der Waals surface area contributed by atoms with Crippen molar-refractivity contribution in [3.05, 3.63) is 11.6 Å². The van der Waals surface area contributed by atoms with Gasteiger partial charge in [0, 0.05) is 12.3 Å². The van der Waals surface area contributed by atoms with Crippen LogP contribution in [0.1, 0.15) is 72.1 Å². The summed E-state index contributed by atoms with van der Waals surface area (Å²) < 4.78 is 41.2. The Hall–Kier alpha value is -1.29. The summed E-state index contributed by atoms with van der Waals surface area (Å²) in [7, 11) is -4.47. The van der Waals surface area contributed by atoms with E-state index in [1.165, 1.54) is 12.5 Å². The zero-order valence-corrected chi connectivity index (χ0v) is 19.8. The molecule has 1 unspecified atom stereocenters. The summed E-state index contributed by atoms with van der Waals surface area (Å²) in [5.74, 6) is -0.0293. The fourth-order valence-electron chi connectivity index (χ4n) is 7.64. The number of ether oxygens (including phenoxy) is 1. The lowest BCUT2D eigenvalue weighted by atomic mass is 9.46. The molecule has 4 rings (SSSR count). The zero-order chi connectivity index (χ0) is 23.5. The molecule has 2 N–H and O–H groups in total. The summed E-state index contributed by atoms with van der Waals surface area (Å²) in [4.78, 5) is 24.1. The number of hydrogen-bond donors (Lipinski definition) is 2. The van der Waals surface area contributed by atoms with Gasteiger partial charge in [0.15, 0.2) is 6.61 Å². The summed E-state index contributed by atoms with van der Waals surface area (Å²) in [5, 5.41) is 11.5. The van der Waals surface area contributed by atoms with Crippen LogP contribution in [0, 0.1) is 28.6 Å². The quantitative estimate of drug-likeness (QED) is 0.357. The third-order valence-electron chi connectivity index (χ3n) is 9.34. The Kier molecular flexibility index (Phi) is 5.88. The minimum absolute atomic E-state index is 0.0776. The predicted molar refractivity (Wildman–Crippen MR) is 115 cm³/mol. The molecule has 32 heavy (non-hydrogen) atoms. The smallest absolute Gasteiger partial charge is 0.397 e. The molecule has 7 atom stereocenters. The van der Waals surface area contributed by atoms with Crippen molar-refractivity contribution >= 4 is 22.2 Å². The van der Waals surface area contributed by atoms with E-state index in [-0.39, 0.29) is 17.9 Å². The maximum Gasteiger partial charge on any atom is 0.397 e. The van der Waals surface area contributed by atoms with Gasteiger partial charge < -0.3 is 9.84 Å². The lowest BCUT2D eigenvalue weighted by molar-refractivity contribution is -0.168. The Morgan fingerprint density at radius 1 is 1.12 bits per heavy atom. The van der Waals surface area contributed by atoms with Gasteiger partial charge in [0.05, 0.1) is 6.10 Å². The van der Waals surface area contributed by atoms with E-state index in [9.17, 15) is 23.1 Å². The first-order valence-corrected chi connectivity index (χ1v) is 12.9. The molecule has 0 aromatic carbocycles. The second-order valence-corrected chi connectivity index (χ2v) is 11.8. The topological polar surface area (TPSA) is 127 Å². The molecule has 4 aliphatic rings. The monoisotopic (exact) mass is 470 g/mol. The maximum absolute atomic E-state index is 12.9. The van der Waals surface area contributed by atoms with Crippen molar-refractivity contribution in [3.8, 4) is 0 Å². The van der Waals surface area contributed by atoms with Crippen LogP contribution in [0.5, 0.6) is 0 Å². The van der Waals surface area contributed by atoms with Gasteiger partial charge in [-0.25, -0.2) is 4.18 Å². The van der Waals surface area contributed by atoms with E-state index in [0.29, 0.717) is 31.1 Å². The highest BCUT2D eigenvalue weighted by Gasteiger charge is 2.66. The molecule has 0 aromatic heterocycles. The van der Waals surface area contributed by atoms with Gasteiger partial charge in [-0.05, 0) is 74.5 Å². The van der Waals surface area contributed by atoms with Crippen LogP contribution in [-0.2, 0) is 28.9 Å². The molecular weight excluding hydrogens is 436 g/mol. The van der Waals surface area contributed by atoms with E-state index in [1.54, 1.807) is 0 Å². The second kappa shape index (κ2) is 7.89. The zero-order valence-electron chi connectivity index (χ0n) is 19.0. The van der Waals surface area contributed by atoms with Gasteiger partial charge in [-0.2, -0.15) is 8.42 Å². The molecule has 3 saturated carbocycles. The molecule has 0 bridgehead atoms. The lowest BCUT2D eigenvalue weighted by Gasteiger charge is -2.58. The van der Waals surface area contributed by atoms with Crippen molar-refractivity contribution in [3.63, 3.8) is 0 Å². The van der Waals surface area contributed by atoms with E-state index in [4.69, 9.17) is 13.5 Å². The van der Waals surface area contributed by atoms with Gasteiger partial charge in [0.1, 0.15) is 5.60 Å². The largest absolute Gasteiger partial charge is 0.458 e. The van der Waals surface area contributed by atoms with Crippen molar-refractivity contribution in [2.24, 2.45) is 28.6 Å². The van der Waals surface area contributed by atoms with E-state index in [2.05, 4.69) is 13.0 Å². The average molecular weight is 471 g/mol. The Bertz CT molecular complexity index is 942. The molecule has 0 heterocycles. The second-order valence-electron chi connectivity index (χ2n) is 10.7. The average Bonchev–Trinajstić information content (AvgIpc) is 2.97. The number of esters is 1. The van der Waals surface area contributed by atoms with Gasteiger partial charge in [-0.3, -0.25) is 14.1 Å². The molecule has 0 amide bonds. The summed E-state index contributed by atoms with van der Waals surface area (Å²) in [5.41, 5.74) is -0.921. The van der Waals surface area contributed by atoms with Crippen molar-refractivity contribution in [2.75, 3.05) is 6.61 Å². The van der Waals surface area contributed by atoms with Gasteiger partial charge >= 0.3 is 16.4 Å². The van der Waals surface area contributed by atoms with Crippen LogP contribution < -0.4 is 0 Å². The molecule has 9 heteroatoms. The first kappa shape index (κ1) is 23.9. The number of rotatable bonds is 5. The van der Waals surface area contributed by atoms with Gasteiger partial charge in [0.2, 0.25) is 5.78 Å². The molecule has 8 nitrogen and oxygen atoms in total. The lowest BCUT2D eigenvalue weighted by Crippen LogP contribution is -2.58. The highest BCUT2D eigenvalue weighted by atomic mass is 32.3. The van der Waals surface area contributed by atoms with Crippen molar-refractivity contribution in [2.45, 2.75) is 83.8 Å². The molecule has 4 aliphatic carbocycles. The van der Waals surface area contributed by atoms with E-state index >= 15 is 0 Å². The molecule has 0 aromatic rings. The number of carbonyl (C=O) groups is 2. The molecular formula is C23H34O8S. The van der Waals surface area contributed by atoms with Gasteiger partial charge in [0.25, 0.3) is 0 Å². The minimum atomic E-state index is -4.47. The molecule has 0 saturated heterocycles. The fraction of sp³-hybridized carbons (Fsp3) is 0.826. The van der Waals surface area contributed by atoms with Crippen LogP contribution >= 0.6 is 0 Å². The fourth-order valence-corrected chi connectivity index (χ4v) is 8.15.